The van der Waals surface area contributed by atoms with Crippen molar-refractivity contribution in [1.29, 1.82) is 0 Å². The monoisotopic (exact) mass is 438 g/mol. The summed E-state index contributed by atoms with van der Waals surface area (Å²) in [6.07, 6.45) is 3.41. The van der Waals surface area contributed by atoms with Crippen LogP contribution in [-0.4, -0.2) is 12.9 Å². The number of carbonyl (C=O) groups is 1. The van der Waals surface area contributed by atoms with Crippen LogP contribution in [0.25, 0.3) is 6.08 Å². The third-order valence-electron chi connectivity index (χ3n) is 4.00. The van der Waals surface area contributed by atoms with E-state index in [-0.39, 0.29) is 5.78 Å². The number of rotatable bonds is 7. The van der Waals surface area contributed by atoms with Gasteiger partial charge in [-0.1, -0.05) is 52.3 Å². The Hall–Kier alpha value is -2.30. The molecule has 0 N–H and O–H groups in total. The molecule has 3 rings (SSSR count). The van der Waals surface area contributed by atoms with Gasteiger partial charge >= 0.3 is 0 Å². The number of thioether (sulfide) groups is 1. The van der Waals surface area contributed by atoms with Crippen molar-refractivity contribution < 1.29 is 9.53 Å². The fourth-order valence-electron chi connectivity index (χ4n) is 2.54. The highest BCUT2D eigenvalue weighted by molar-refractivity contribution is 9.10. The number of methoxy groups -OCH3 is 1. The highest BCUT2D eigenvalue weighted by Gasteiger charge is 2.06. The Kier molecular flexibility index (Phi) is 6.91. The molecule has 3 aromatic rings. The zero-order valence-corrected chi connectivity index (χ0v) is 17.3. The molecule has 0 saturated heterocycles. The summed E-state index contributed by atoms with van der Waals surface area (Å²) in [4.78, 5) is 13.5. The van der Waals surface area contributed by atoms with E-state index in [1.807, 2.05) is 48.5 Å². The molecule has 0 aliphatic carbocycles. The van der Waals surface area contributed by atoms with E-state index in [0.717, 1.165) is 27.1 Å². The van der Waals surface area contributed by atoms with E-state index < -0.39 is 0 Å². The Morgan fingerprint density at radius 2 is 1.78 bits per heavy atom. The molecule has 0 unspecified atom stereocenters. The molecule has 2 nitrogen and oxygen atoms in total. The molecule has 4 heteroatoms. The maximum atomic E-state index is 12.3. The lowest BCUT2D eigenvalue weighted by atomic mass is 10.1. The van der Waals surface area contributed by atoms with Gasteiger partial charge in [0.1, 0.15) is 5.75 Å². The highest BCUT2D eigenvalue weighted by atomic mass is 79.9. The number of halogens is 1. The molecule has 0 amide bonds. The minimum atomic E-state index is -0.0230. The molecule has 0 aromatic heterocycles. The average molecular weight is 439 g/mol. The molecule has 0 heterocycles. The van der Waals surface area contributed by atoms with Crippen LogP contribution in [-0.2, 0) is 5.75 Å². The molecule has 27 heavy (non-hydrogen) atoms. The number of allylic oxidation sites excluding steroid dienone is 1. The Morgan fingerprint density at radius 1 is 1.04 bits per heavy atom. The first-order valence-electron chi connectivity index (χ1n) is 8.48. The summed E-state index contributed by atoms with van der Waals surface area (Å²) in [5.74, 6) is 1.64. The Labute approximate surface area is 172 Å². The van der Waals surface area contributed by atoms with Crippen LogP contribution in [0, 0.1) is 0 Å². The van der Waals surface area contributed by atoms with Crippen molar-refractivity contribution in [2.75, 3.05) is 7.11 Å². The van der Waals surface area contributed by atoms with Crippen LogP contribution < -0.4 is 4.74 Å². The van der Waals surface area contributed by atoms with Crippen molar-refractivity contribution in [3.05, 3.63) is 100 Å². The molecule has 0 aliphatic rings. The molecule has 3 aromatic carbocycles. The normalized spacial score (nSPS) is 10.9. The number of carbonyl (C=O) groups excluding carboxylic acids is 1. The van der Waals surface area contributed by atoms with E-state index in [0.29, 0.717) is 5.56 Å². The summed E-state index contributed by atoms with van der Waals surface area (Å²) in [5.41, 5.74) is 2.73. The molecule has 0 radical (unpaired) electrons. The van der Waals surface area contributed by atoms with Gasteiger partial charge in [-0.25, -0.2) is 0 Å². The minimum absolute atomic E-state index is 0.0230. The molecule has 0 spiro atoms. The predicted octanol–water partition coefficient (Wildman–Crippen LogP) is 6.65. The van der Waals surface area contributed by atoms with Crippen molar-refractivity contribution in [1.82, 2.24) is 0 Å². The maximum Gasteiger partial charge on any atom is 0.185 e. The van der Waals surface area contributed by atoms with E-state index in [4.69, 9.17) is 4.74 Å². The first kappa shape index (κ1) is 19.5. The van der Waals surface area contributed by atoms with E-state index >= 15 is 0 Å². The molecule has 0 aliphatic heterocycles. The first-order chi connectivity index (χ1) is 13.2. The van der Waals surface area contributed by atoms with E-state index in [9.17, 15) is 4.79 Å². The number of benzene rings is 3. The predicted molar refractivity (Wildman–Crippen MR) is 117 cm³/mol. The molecule has 0 saturated carbocycles. The van der Waals surface area contributed by atoms with Gasteiger partial charge in [-0.05, 0) is 54.1 Å². The largest absolute Gasteiger partial charge is 0.496 e. The van der Waals surface area contributed by atoms with Crippen LogP contribution in [0.15, 0.2) is 88.2 Å². The second-order valence-electron chi connectivity index (χ2n) is 5.88. The van der Waals surface area contributed by atoms with Crippen LogP contribution in [0.2, 0.25) is 0 Å². The van der Waals surface area contributed by atoms with Crippen molar-refractivity contribution in [2.24, 2.45) is 0 Å². The first-order valence-corrected chi connectivity index (χ1v) is 10.3. The zero-order valence-electron chi connectivity index (χ0n) is 14.9. The molecule has 136 valence electrons. The number of ketones is 1. The van der Waals surface area contributed by atoms with Crippen LogP contribution in [0.4, 0.5) is 0 Å². The van der Waals surface area contributed by atoms with Gasteiger partial charge in [0.15, 0.2) is 5.78 Å². The summed E-state index contributed by atoms with van der Waals surface area (Å²) >= 11 is 5.15. The van der Waals surface area contributed by atoms with Crippen LogP contribution in [0.1, 0.15) is 21.5 Å². The summed E-state index contributed by atoms with van der Waals surface area (Å²) in [7, 11) is 1.67. The summed E-state index contributed by atoms with van der Waals surface area (Å²) in [6.45, 7) is 0. The fraction of sp³-hybridized carbons (Fsp3) is 0.0870. The number of hydrogen-bond donors (Lipinski definition) is 0. The average Bonchev–Trinajstić information content (AvgIpc) is 2.72. The van der Waals surface area contributed by atoms with Gasteiger partial charge in [-0.15, -0.1) is 11.8 Å². The quantitative estimate of drug-likeness (QED) is 0.234. The molecular weight excluding hydrogens is 420 g/mol. The Morgan fingerprint density at radius 3 is 2.48 bits per heavy atom. The molecular formula is C23H19BrO2S. The van der Waals surface area contributed by atoms with Gasteiger partial charge in [-0.2, -0.15) is 0 Å². The van der Waals surface area contributed by atoms with Gasteiger partial charge in [0, 0.05) is 26.2 Å². The van der Waals surface area contributed by atoms with Crippen LogP contribution in [0.5, 0.6) is 5.75 Å². The second kappa shape index (κ2) is 9.58. The van der Waals surface area contributed by atoms with Crippen molar-refractivity contribution >= 4 is 39.6 Å². The van der Waals surface area contributed by atoms with E-state index in [1.165, 1.54) is 4.90 Å². The second-order valence-corrected chi connectivity index (χ2v) is 7.84. The lowest BCUT2D eigenvalue weighted by Gasteiger charge is -2.09. The highest BCUT2D eigenvalue weighted by Crippen LogP contribution is 2.29. The van der Waals surface area contributed by atoms with Gasteiger partial charge in [0.05, 0.1) is 7.11 Å². The summed E-state index contributed by atoms with van der Waals surface area (Å²) in [5, 5.41) is 0. The van der Waals surface area contributed by atoms with E-state index in [1.54, 1.807) is 37.1 Å². The topological polar surface area (TPSA) is 26.3 Å². The third-order valence-corrected chi connectivity index (χ3v) is 5.59. The van der Waals surface area contributed by atoms with Crippen LogP contribution >= 0.6 is 27.7 Å². The van der Waals surface area contributed by atoms with E-state index in [2.05, 4.69) is 34.1 Å². The molecule has 0 bridgehead atoms. The summed E-state index contributed by atoms with van der Waals surface area (Å²) in [6, 6.07) is 23.7. The summed E-state index contributed by atoms with van der Waals surface area (Å²) < 4.78 is 6.50. The zero-order chi connectivity index (χ0) is 19.1. The number of hydrogen-bond acceptors (Lipinski definition) is 3. The van der Waals surface area contributed by atoms with Crippen molar-refractivity contribution in [2.45, 2.75) is 10.6 Å². The van der Waals surface area contributed by atoms with Crippen molar-refractivity contribution in [3.63, 3.8) is 0 Å². The van der Waals surface area contributed by atoms with Gasteiger partial charge in [-0.3, -0.25) is 4.79 Å². The fourth-order valence-corrected chi connectivity index (χ4v) is 3.72. The molecule has 0 atom stereocenters. The van der Waals surface area contributed by atoms with Gasteiger partial charge in [0.25, 0.3) is 0 Å². The Bertz CT molecular complexity index is 934. The van der Waals surface area contributed by atoms with Gasteiger partial charge < -0.3 is 4.74 Å². The molecule has 0 fully saturated rings. The SMILES string of the molecule is COc1cc(/C=C/C(=O)c2ccc(Br)cc2)ccc1CSc1ccccc1. The smallest absolute Gasteiger partial charge is 0.185 e. The minimum Gasteiger partial charge on any atom is -0.496 e. The maximum absolute atomic E-state index is 12.3. The van der Waals surface area contributed by atoms with Crippen LogP contribution in [0.3, 0.4) is 0 Å². The van der Waals surface area contributed by atoms with Gasteiger partial charge in [0.2, 0.25) is 0 Å². The standard InChI is InChI=1S/C23H19BrO2S/c1-26-23-15-17(8-14-22(25)18-10-12-20(24)13-11-18)7-9-19(23)16-27-21-5-3-2-4-6-21/h2-15H,16H2,1H3/b14-8+. The lowest BCUT2D eigenvalue weighted by Crippen LogP contribution is -1.94. The third kappa shape index (κ3) is 5.59. The lowest BCUT2D eigenvalue weighted by molar-refractivity contribution is 0.104. The van der Waals surface area contributed by atoms with Crippen molar-refractivity contribution in [3.8, 4) is 5.75 Å². The Balaban J connectivity index is 1.69. The number of ether oxygens (including phenoxy) is 1.